The second-order valence-electron chi connectivity index (χ2n) is 2.92. The van der Waals surface area contributed by atoms with E-state index < -0.39 is 14.0 Å². The van der Waals surface area contributed by atoms with Gasteiger partial charge in [0.25, 0.3) is 5.69 Å². The van der Waals surface area contributed by atoms with Crippen molar-refractivity contribution in [2.45, 2.75) is 0 Å². The number of benzene rings is 1. The summed E-state index contributed by atoms with van der Waals surface area (Å²) < 4.78 is 21.2. The van der Waals surface area contributed by atoms with Crippen LogP contribution in [0.4, 0.5) is 5.69 Å². The van der Waals surface area contributed by atoms with Gasteiger partial charge in [-0.3, -0.25) is 10.1 Å². The Hall–Kier alpha value is -1.40. The third-order valence-electron chi connectivity index (χ3n) is 1.73. The van der Waals surface area contributed by atoms with Gasteiger partial charge in [-0.1, -0.05) is 24.3 Å². The molecule has 0 heterocycles. The summed E-state index contributed by atoms with van der Waals surface area (Å²) in [5.74, 6) is -0.361. The first kappa shape index (κ1) is 12.7. The van der Waals surface area contributed by atoms with Crippen LogP contribution in [0.25, 0.3) is 6.08 Å². The molecule has 16 heavy (non-hydrogen) atoms. The number of halogens is 1. The zero-order valence-corrected chi connectivity index (χ0v) is 9.61. The van der Waals surface area contributed by atoms with Crippen molar-refractivity contribution in [2.24, 2.45) is 0 Å². The van der Waals surface area contributed by atoms with Crippen molar-refractivity contribution >= 4 is 31.5 Å². The van der Waals surface area contributed by atoms with E-state index >= 15 is 0 Å². The highest BCUT2D eigenvalue weighted by Crippen LogP contribution is 2.18. The summed E-state index contributed by atoms with van der Waals surface area (Å²) >= 11 is 0. The lowest BCUT2D eigenvalue weighted by atomic mass is 10.2. The molecule has 0 aliphatic heterocycles. The molecule has 0 N–H and O–H groups in total. The highest BCUT2D eigenvalue weighted by Gasteiger charge is 2.09. The van der Waals surface area contributed by atoms with E-state index in [0.29, 0.717) is 5.56 Å². The van der Waals surface area contributed by atoms with Crippen LogP contribution < -0.4 is 0 Å². The second-order valence-corrected chi connectivity index (χ2v) is 5.75. The summed E-state index contributed by atoms with van der Waals surface area (Å²) in [6, 6.07) is 6.03. The van der Waals surface area contributed by atoms with Crippen molar-refractivity contribution in [1.82, 2.24) is 0 Å². The Morgan fingerprint density at radius 1 is 1.38 bits per heavy atom. The maximum atomic E-state index is 10.6. The van der Waals surface area contributed by atoms with Crippen LogP contribution in [-0.4, -0.2) is 19.1 Å². The van der Waals surface area contributed by atoms with Gasteiger partial charge in [0.15, 0.2) is 0 Å². The quantitative estimate of drug-likeness (QED) is 0.473. The second kappa shape index (κ2) is 5.09. The van der Waals surface area contributed by atoms with E-state index in [4.69, 9.17) is 10.7 Å². The molecule has 1 aromatic carbocycles. The first-order chi connectivity index (χ1) is 7.40. The smallest absolute Gasteiger partial charge is 0.258 e. The molecule has 0 saturated carbocycles. The fourth-order valence-electron chi connectivity index (χ4n) is 1.08. The largest absolute Gasteiger partial charge is 0.276 e. The molecule has 0 unspecified atom stereocenters. The number of nitro groups is 1. The van der Waals surface area contributed by atoms with Crippen molar-refractivity contribution in [3.63, 3.8) is 0 Å². The molecule has 0 atom stereocenters. The lowest BCUT2D eigenvalue weighted by molar-refractivity contribution is -0.385. The monoisotopic (exact) mass is 261 g/mol. The van der Waals surface area contributed by atoms with Crippen LogP contribution >= 0.6 is 10.7 Å². The molecule has 0 fully saturated rings. The third kappa shape index (κ3) is 4.00. The number of para-hydroxylation sites is 1. The minimum atomic E-state index is -3.61. The van der Waals surface area contributed by atoms with Gasteiger partial charge < -0.3 is 0 Å². The van der Waals surface area contributed by atoms with E-state index in [1.165, 1.54) is 30.4 Å². The van der Waals surface area contributed by atoms with Gasteiger partial charge in [0.05, 0.1) is 16.2 Å². The van der Waals surface area contributed by atoms with Gasteiger partial charge in [0.1, 0.15) is 0 Å². The predicted molar refractivity (Wildman–Crippen MR) is 61.8 cm³/mol. The Bertz CT molecular complexity index is 524. The maximum absolute atomic E-state index is 10.6. The number of nitrogens with zero attached hydrogens (tertiary/aromatic N) is 1. The van der Waals surface area contributed by atoms with Crippen LogP contribution in [0.2, 0.25) is 0 Å². The fourth-order valence-corrected chi connectivity index (χ4v) is 1.63. The Morgan fingerprint density at radius 2 is 2.00 bits per heavy atom. The summed E-state index contributed by atoms with van der Waals surface area (Å²) in [6.07, 6.45) is 2.63. The molecule has 0 aliphatic rings. The predicted octanol–water partition coefficient (Wildman–Crippen LogP) is 2.18. The summed E-state index contributed by atoms with van der Waals surface area (Å²) in [7, 11) is 1.38. The molecule has 0 saturated heterocycles. The minimum absolute atomic E-state index is 0.0780. The van der Waals surface area contributed by atoms with Gasteiger partial charge in [-0.25, -0.2) is 8.42 Å². The highest BCUT2D eigenvalue weighted by molar-refractivity contribution is 8.13. The molecule has 1 rings (SSSR count). The normalized spacial score (nSPS) is 11.8. The van der Waals surface area contributed by atoms with Crippen LogP contribution in [0.1, 0.15) is 5.56 Å². The Balaban J connectivity index is 2.93. The summed E-state index contributed by atoms with van der Waals surface area (Å²) in [5, 5.41) is 10.6. The first-order valence-electron chi connectivity index (χ1n) is 4.22. The number of hydrogen-bond acceptors (Lipinski definition) is 4. The summed E-state index contributed by atoms with van der Waals surface area (Å²) in [5.41, 5.74) is 0.263. The van der Waals surface area contributed by atoms with Crippen molar-refractivity contribution in [3.05, 3.63) is 46.0 Å². The Labute approximate surface area is 96.9 Å². The van der Waals surface area contributed by atoms with E-state index in [0.717, 1.165) is 0 Å². The molecule has 0 spiro atoms. The molecule has 7 heteroatoms. The molecule has 86 valence electrons. The minimum Gasteiger partial charge on any atom is -0.258 e. The molecule has 1 aromatic rings. The molecule has 0 radical (unpaired) electrons. The van der Waals surface area contributed by atoms with Gasteiger partial charge in [-0.2, -0.15) is 0 Å². The molecule has 0 aliphatic carbocycles. The zero-order valence-electron chi connectivity index (χ0n) is 8.04. The van der Waals surface area contributed by atoms with Crippen LogP contribution in [-0.2, 0) is 9.05 Å². The van der Waals surface area contributed by atoms with Crippen molar-refractivity contribution in [1.29, 1.82) is 0 Å². The fraction of sp³-hybridized carbons (Fsp3) is 0.111. The van der Waals surface area contributed by atoms with Crippen molar-refractivity contribution in [2.75, 3.05) is 5.75 Å². The third-order valence-corrected chi connectivity index (χ3v) is 2.69. The molecule has 0 amide bonds. The van der Waals surface area contributed by atoms with E-state index in [2.05, 4.69) is 0 Å². The van der Waals surface area contributed by atoms with Crippen molar-refractivity contribution < 1.29 is 13.3 Å². The van der Waals surface area contributed by atoms with Gasteiger partial charge >= 0.3 is 0 Å². The molecular weight excluding hydrogens is 254 g/mol. The van der Waals surface area contributed by atoms with E-state index in [-0.39, 0.29) is 11.4 Å². The average molecular weight is 262 g/mol. The molecule has 5 nitrogen and oxygen atoms in total. The van der Waals surface area contributed by atoms with Crippen LogP contribution in [0.15, 0.2) is 30.3 Å². The first-order valence-corrected chi connectivity index (χ1v) is 6.70. The van der Waals surface area contributed by atoms with E-state index in [1.807, 2.05) is 0 Å². The lowest BCUT2D eigenvalue weighted by Crippen LogP contribution is -1.93. The number of rotatable bonds is 4. The SMILES string of the molecule is O=[N+]([O-])c1ccccc1C=CCS(=O)(=O)Cl. The van der Waals surface area contributed by atoms with Gasteiger partial charge in [-0.15, -0.1) is 0 Å². The van der Waals surface area contributed by atoms with Gasteiger partial charge in [-0.05, 0) is 6.07 Å². The Morgan fingerprint density at radius 3 is 2.56 bits per heavy atom. The van der Waals surface area contributed by atoms with Gasteiger partial charge in [0.2, 0.25) is 9.05 Å². The zero-order chi connectivity index (χ0) is 12.2. The topological polar surface area (TPSA) is 77.3 Å². The Kier molecular flexibility index (Phi) is 4.03. The lowest BCUT2D eigenvalue weighted by Gasteiger charge is -1.95. The molecule has 0 aromatic heterocycles. The van der Waals surface area contributed by atoms with Crippen LogP contribution in [0, 0.1) is 10.1 Å². The van der Waals surface area contributed by atoms with E-state index in [9.17, 15) is 18.5 Å². The van der Waals surface area contributed by atoms with E-state index in [1.54, 1.807) is 6.07 Å². The van der Waals surface area contributed by atoms with Crippen LogP contribution in [0.3, 0.4) is 0 Å². The standard InChI is InChI=1S/C9H8ClNO4S/c10-16(14,15)7-3-5-8-4-1-2-6-9(8)11(12)13/h1-6H,7H2. The molecular formula is C9H8ClNO4S. The number of nitro benzene ring substituents is 1. The van der Waals surface area contributed by atoms with Crippen LogP contribution in [0.5, 0.6) is 0 Å². The maximum Gasteiger partial charge on any atom is 0.276 e. The highest BCUT2D eigenvalue weighted by atomic mass is 35.7. The average Bonchev–Trinajstić information content (AvgIpc) is 2.16. The number of hydrogen-bond donors (Lipinski definition) is 0. The van der Waals surface area contributed by atoms with Crippen molar-refractivity contribution in [3.8, 4) is 0 Å². The summed E-state index contributed by atoms with van der Waals surface area (Å²) in [4.78, 5) is 10.1. The molecule has 0 bridgehead atoms. The van der Waals surface area contributed by atoms with Gasteiger partial charge in [0, 0.05) is 16.7 Å². The summed E-state index contributed by atoms with van der Waals surface area (Å²) in [6.45, 7) is 0.